The molecule has 0 saturated heterocycles. The van der Waals surface area contributed by atoms with E-state index in [4.69, 9.17) is 16.2 Å². The number of aliphatic hydroxyl groups excluding tert-OH is 2. The Labute approximate surface area is 299 Å². The van der Waals surface area contributed by atoms with Crippen LogP contribution in [0.1, 0.15) is 86.8 Å². The van der Waals surface area contributed by atoms with Gasteiger partial charge in [0.2, 0.25) is 0 Å². The Morgan fingerprint density at radius 2 is 1.92 bits per heavy atom. The van der Waals surface area contributed by atoms with Crippen LogP contribution in [0, 0.1) is 11.8 Å². The smallest absolute Gasteiger partial charge is 0.328 e. The number of carbonyl (C=O) groups is 3. The van der Waals surface area contributed by atoms with E-state index in [1.165, 1.54) is 17.2 Å². The largest absolute Gasteiger partial charge is 0.478 e. The zero-order chi connectivity index (χ0) is 36.2. The minimum Gasteiger partial charge on any atom is -0.478 e. The summed E-state index contributed by atoms with van der Waals surface area (Å²) in [7, 11) is 0. The first-order valence-corrected chi connectivity index (χ1v) is 18.4. The van der Waals surface area contributed by atoms with Gasteiger partial charge in [-0.3, -0.25) is 4.99 Å². The molecule has 0 saturated carbocycles. The Morgan fingerprint density at radius 1 is 1.06 bits per heavy atom. The lowest BCUT2D eigenvalue weighted by molar-refractivity contribution is -0.131. The van der Waals surface area contributed by atoms with E-state index in [1.54, 1.807) is 6.20 Å². The van der Waals surface area contributed by atoms with Crippen LogP contribution in [0.4, 0.5) is 5.82 Å². The van der Waals surface area contributed by atoms with Crippen molar-refractivity contribution in [2.24, 2.45) is 22.6 Å². The Morgan fingerprint density at radius 3 is 2.65 bits per heavy atom. The van der Waals surface area contributed by atoms with Gasteiger partial charge in [-0.15, -0.1) is 0 Å². The van der Waals surface area contributed by atoms with Gasteiger partial charge in [-0.1, -0.05) is 60.9 Å². The molecular formula is C40H52N5O6-. The highest BCUT2D eigenvalue weighted by atomic mass is 16.4. The second-order valence-electron chi connectivity index (χ2n) is 14.1. The molecule has 1 aliphatic carbocycles. The second kappa shape index (κ2) is 18.7. The quantitative estimate of drug-likeness (QED) is 0.0648. The molecule has 274 valence electrons. The van der Waals surface area contributed by atoms with Crippen molar-refractivity contribution in [2.75, 3.05) is 13.2 Å². The van der Waals surface area contributed by atoms with Gasteiger partial charge in [0.25, 0.3) is 0 Å². The van der Waals surface area contributed by atoms with Crippen molar-refractivity contribution in [3.63, 3.8) is 0 Å². The fraction of sp³-hybridized carbons (Fsp3) is 0.500. The molecule has 11 heteroatoms. The molecule has 5 rings (SSSR count). The first-order chi connectivity index (χ1) is 24.8. The average Bonchev–Trinajstić information content (AvgIpc) is 3.63. The summed E-state index contributed by atoms with van der Waals surface area (Å²) < 4.78 is 0. The number of nitrogens with zero attached hydrogens (tertiary/aromatic N) is 2. The van der Waals surface area contributed by atoms with Gasteiger partial charge < -0.3 is 46.3 Å². The number of carboxylic acids is 1. The number of nitrogens with one attached hydrogen (secondary N) is 2. The SMILES string of the molecule is NC1=NCCC(C(=CC(=O)O)C(CC2CCc3cc4ccc(CC=O)cc4cc3C2CCCC(O)CCC(C=O)CCCO)[N-]c2ccc[nH]2)N1. The number of fused-ring (bicyclic) bond motifs is 2. The molecule has 2 aliphatic rings. The highest BCUT2D eigenvalue weighted by molar-refractivity contribution is 5.86. The van der Waals surface area contributed by atoms with Crippen LogP contribution in [0.25, 0.3) is 16.1 Å². The molecule has 6 unspecified atom stereocenters. The summed E-state index contributed by atoms with van der Waals surface area (Å²) in [6.45, 7) is 0.544. The highest BCUT2D eigenvalue weighted by Crippen LogP contribution is 2.45. The van der Waals surface area contributed by atoms with Crippen LogP contribution in [0.3, 0.4) is 0 Å². The molecule has 0 fully saturated rings. The van der Waals surface area contributed by atoms with Gasteiger partial charge in [-0.2, -0.15) is 0 Å². The number of nitrogens with two attached hydrogens (primary N) is 1. The lowest BCUT2D eigenvalue weighted by atomic mass is 9.69. The van der Waals surface area contributed by atoms with E-state index < -0.39 is 18.1 Å². The molecule has 0 spiro atoms. The third-order valence-electron chi connectivity index (χ3n) is 10.6. The fourth-order valence-corrected chi connectivity index (χ4v) is 7.98. The van der Waals surface area contributed by atoms with Gasteiger partial charge in [0.05, 0.1) is 12.1 Å². The van der Waals surface area contributed by atoms with Crippen LogP contribution in [0.2, 0.25) is 0 Å². The number of guanidine groups is 1. The van der Waals surface area contributed by atoms with Gasteiger partial charge in [0.1, 0.15) is 12.6 Å². The normalized spacial score (nSPS) is 20.8. The Hall–Kier alpha value is -4.48. The van der Waals surface area contributed by atoms with Crippen LogP contribution in [-0.4, -0.2) is 76.1 Å². The zero-order valence-electron chi connectivity index (χ0n) is 29.3. The van der Waals surface area contributed by atoms with Gasteiger partial charge in [0, 0.05) is 31.6 Å². The third kappa shape index (κ3) is 10.5. The van der Waals surface area contributed by atoms with Gasteiger partial charge >= 0.3 is 5.97 Å². The highest BCUT2D eigenvalue weighted by Gasteiger charge is 2.34. The van der Waals surface area contributed by atoms with E-state index in [-0.39, 0.29) is 36.4 Å². The van der Waals surface area contributed by atoms with Gasteiger partial charge in [-0.05, 0) is 115 Å². The standard InChI is InChI=1S/C40H52N5O6/c41-40-43-17-14-36(45-40)35(24-39(50)51)37(44-38-7-2-16-42-38)23-30-12-11-29-21-28-10-8-26(15-19-47)20-31(28)22-34(29)33(30)6-1-5-32(49)13-9-27(25-48)4-3-18-46/h2,7-8,10,16,19-22,24-25,27,30,32-33,36-37,42,46,49H,1,3-6,9,11-15,17-18,23H2,(H,50,51)(H3,41,43,45)/q-1. The summed E-state index contributed by atoms with van der Waals surface area (Å²) in [4.78, 5) is 42.5. The molecule has 1 aromatic heterocycles. The number of aldehydes is 2. The molecule has 0 radical (unpaired) electrons. The predicted molar refractivity (Wildman–Crippen MR) is 199 cm³/mol. The van der Waals surface area contributed by atoms with Crippen molar-refractivity contribution < 1.29 is 29.7 Å². The van der Waals surface area contributed by atoms with E-state index in [1.807, 2.05) is 18.2 Å². The van der Waals surface area contributed by atoms with E-state index in [9.17, 15) is 24.6 Å². The number of hydrogen-bond acceptors (Lipinski definition) is 8. The molecule has 2 heterocycles. The summed E-state index contributed by atoms with van der Waals surface area (Å²) in [6, 6.07) is 13.7. The summed E-state index contributed by atoms with van der Waals surface area (Å²) in [5, 5.41) is 40.6. The number of H-pyrrole nitrogens is 1. The van der Waals surface area contributed by atoms with Crippen LogP contribution in [0.5, 0.6) is 0 Å². The number of hydrogen-bond donors (Lipinski definition) is 6. The van der Waals surface area contributed by atoms with Crippen molar-refractivity contribution in [3.8, 4) is 0 Å². The number of aromatic amines is 1. The number of aliphatic hydroxyl groups is 2. The number of benzene rings is 2. The first kappa shape index (κ1) is 37.8. The van der Waals surface area contributed by atoms with Gasteiger partial charge in [-0.25, -0.2) is 4.79 Å². The van der Waals surface area contributed by atoms with Crippen LogP contribution < -0.4 is 11.1 Å². The first-order valence-electron chi connectivity index (χ1n) is 18.4. The maximum Gasteiger partial charge on any atom is 0.328 e. The summed E-state index contributed by atoms with van der Waals surface area (Å²) in [6.07, 6.45) is 12.3. The Balaban J connectivity index is 1.43. The number of carboxylic acid groups (broad SMARTS) is 1. The number of aryl methyl sites for hydroxylation is 1. The number of rotatable bonds is 20. The van der Waals surface area contributed by atoms with E-state index >= 15 is 0 Å². The van der Waals surface area contributed by atoms with Crippen LogP contribution in [-0.2, 0) is 27.2 Å². The topological polar surface area (TPSA) is 192 Å². The maximum atomic E-state index is 12.2. The third-order valence-corrected chi connectivity index (χ3v) is 10.6. The van der Waals surface area contributed by atoms with Crippen molar-refractivity contribution in [3.05, 3.63) is 82.3 Å². The molecule has 3 aromatic rings. The molecule has 11 nitrogen and oxygen atoms in total. The zero-order valence-corrected chi connectivity index (χ0v) is 29.3. The summed E-state index contributed by atoms with van der Waals surface area (Å²) >= 11 is 0. The van der Waals surface area contributed by atoms with Crippen molar-refractivity contribution >= 4 is 41.1 Å². The number of aliphatic imine (C=N–C) groups is 1. The number of aromatic nitrogens is 1. The number of carbonyl (C=O) groups excluding carboxylic acids is 2. The van der Waals surface area contributed by atoms with E-state index in [0.29, 0.717) is 69.3 Å². The summed E-state index contributed by atoms with van der Waals surface area (Å²) in [5.74, 6) is 0.0607. The average molecular weight is 699 g/mol. The molecule has 0 amide bonds. The van der Waals surface area contributed by atoms with Crippen LogP contribution in [0.15, 0.2) is 65.3 Å². The predicted octanol–water partition coefficient (Wildman–Crippen LogP) is 5.61. The minimum absolute atomic E-state index is 0.0524. The van der Waals surface area contributed by atoms with E-state index in [2.05, 4.69) is 39.6 Å². The lowest BCUT2D eigenvalue weighted by Crippen LogP contribution is -2.47. The van der Waals surface area contributed by atoms with Crippen molar-refractivity contribution in [1.29, 1.82) is 0 Å². The Kier molecular flexibility index (Phi) is 13.8. The molecule has 0 bridgehead atoms. The van der Waals surface area contributed by atoms with Crippen molar-refractivity contribution in [1.82, 2.24) is 10.3 Å². The second-order valence-corrected chi connectivity index (χ2v) is 14.1. The minimum atomic E-state index is -1.04. The Bertz CT molecular complexity index is 1670. The molecule has 6 atom stereocenters. The fourth-order valence-electron chi connectivity index (χ4n) is 7.98. The molecular weight excluding hydrogens is 646 g/mol. The number of aliphatic carboxylic acids is 1. The monoisotopic (exact) mass is 698 g/mol. The molecule has 51 heavy (non-hydrogen) atoms. The summed E-state index contributed by atoms with van der Waals surface area (Å²) in [5.41, 5.74) is 10.3. The molecule has 2 aromatic carbocycles. The van der Waals surface area contributed by atoms with Crippen LogP contribution >= 0.6 is 0 Å². The molecule has 7 N–H and O–H groups in total. The van der Waals surface area contributed by atoms with Gasteiger partial charge in [0.15, 0.2) is 5.96 Å². The lowest BCUT2D eigenvalue weighted by Gasteiger charge is -2.40. The molecule has 1 aliphatic heterocycles. The van der Waals surface area contributed by atoms with E-state index in [0.717, 1.165) is 54.6 Å². The maximum absolute atomic E-state index is 12.2. The van der Waals surface area contributed by atoms with Crippen molar-refractivity contribution in [2.45, 2.75) is 101 Å².